The summed E-state index contributed by atoms with van der Waals surface area (Å²) in [6.45, 7) is 3.98. The van der Waals surface area contributed by atoms with Crippen molar-refractivity contribution >= 4 is 11.7 Å². The first kappa shape index (κ1) is 12.3. The minimum absolute atomic E-state index is 0.350. The number of imidazole rings is 1. The topological polar surface area (TPSA) is 47.4 Å². The Balaban J connectivity index is 3.07. The maximum atomic E-state index is 11.8. The van der Waals surface area contributed by atoms with Crippen molar-refractivity contribution in [1.29, 1.82) is 0 Å². The van der Waals surface area contributed by atoms with Crippen LogP contribution in [0, 0.1) is 6.92 Å². The maximum Gasteiger partial charge on any atom is 0.356 e. The third-order valence-corrected chi connectivity index (χ3v) is 1.95. The van der Waals surface area contributed by atoms with Crippen molar-refractivity contribution in [2.75, 3.05) is 20.7 Å². The van der Waals surface area contributed by atoms with Gasteiger partial charge in [0.05, 0.1) is 6.61 Å². The Morgan fingerprint density at radius 3 is 2.75 bits per heavy atom. The SMILES string of the molecule is CCOC(=O)C(=CN(C)C)n1ccnc1C. The molecule has 0 spiro atoms. The van der Waals surface area contributed by atoms with Gasteiger partial charge < -0.3 is 9.64 Å². The molecule has 1 aromatic heterocycles. The Kier molecular flexibility index (Phi) is 4.10. The van der Waals surface area contributed by atoms with Gasteiger partial charge in [-0.1, -0.05) is 0 Å². The quantitative estimate of drug-likeness (QED) is 0.567. The van der Waals surface area contributed by atoms with Gasteiger partial charge in [-0.3, -0.25) is 4.57 Å². The summed E-state index contributed by atoms with van der Waals surface area (Å²) in [6.07, 6.45) is 5.10. The minimum Gasteiger partial charge on any atom is -0.461 e. The highest BCUT2D eigenvalue weighted by Crippen LogP contribution is 2.10. The zero-order valence-corrected chi connectivity index (χ0v) is 10.1. The lowest BCUT2D eigenvalue weighted by atomic mass is 10.4. The summed E-state index contributed by atoms with van der Waals surface area (Å²) in [4.78, 5) is 17.6. The van der Waals surface area contributed by atoms with E-state index in [1.54, 1.807) is 35.0 Å². The predicted octanol–water partition coefficient (Wildman–Crippen LogP) is 1.11. The van der Waals surface area contributed by atoms with Gasteiger partial charge in [0.1, 0.15) is 11.5 Å². The Morgan fingerprint density at radius 2 is 2.31 bits per heavy atom. The zero-order valence-electron chi connectivity index (χ0n) is 10.1. The van der Waals surface area contributed by atoms with E-state index in [-0.39, 0.29) is 5.97 Å². The number of aromatic nitrogens is 2. The van der Waals surface area contributed by atoms with E-state index in [1.807, 2.05) is 21.0 Å². The molecule has 0 amide bonds. The van der Waals surface area contributed by atoms with Crippen LogP contribution in [0.1, 0.15) is 12.7 Å². The Hall–Kier alpha value is -1.78. The molecule has 0 fully saturated rings. The number of nitrogens with zero attached hydrogens (tertiary/aromatic N) is 3. The van der Waals surface area contributed by atoms with Gasteiger partial charge in [0.25, 0.3) is 0 Å². The number of carbonyl (C=O) groups is 1. The average molecular weight is 223 g/mol. The molecule has 1 aromatic rings. The molecular weight excluding hydrogens is 206 g/mol. The molecule has 0 aromatic carbocycles. The molecule has 16 heavy (non-hydrogen) atoms. The molecule has 0 aliphatic carbocycles. The fourth-order valence-electron chi connectivity index (χ4n) is 1.30. The molecule has 5 heteroatoms. The summed E-state index contributed by atoms with van der Waals surface area (Å²) in [5.41, 5.74) is 0.460. The monoisotopic (exact) mass is 223 g/mol. The summed E-state index contributed by atoms with van der Waals surface area (Å²) >= 11 is 0. The molecule has 0 saturated heterocycles. The van der Waals surface area contributed by atoms with Crippen molar-refractivity contribution in [2.45, 2.75) is 13.8 Å². The zero-order chi connectivity index (χ0) is 12.1. The van der Waals surface area contributed by atoms with Gasteiger partial charge in [0, 0.05) is 32.7 Å². The Bertz CT molecular complexity index is 394. The second-order valence-corrected chi connectivity index (χ2v) is 3.54. The third kappa shape index (κ3) is 2.85. The largest absolute Gasteiger partial charge is 0.461 e. The number of rotatable bonds is 4. The first-order valence-corrected chi connectivity index (χ1v) is 5.12. The van der Waals surface area contributed by atoms with E-state index in [2.05, 4.69) is 4.98 Å². The van der Waals surface area contributed by atoms with Crippen LogP contribution in [-0.2, 0) is 9.53 Å². The third-order valence-electron chi connectivity index (χ3n) is 1.95. The summed E-state index contributed by atoms with van der Waals surface area (Å²) in [6, 6.07) is 0. The van der Waals surface area contributed by atoms with E-state index in [0.29, 0.717) is 12.3 Å². The van der Waals surface area contributed by atoms with Crippen molar-refractivity contribution in [2.24, 2.45) is 0 Å². The van der Waals surface area contributed by atoms with Crippen molar-refractivity contribution in [3.8, 4) is 0 Å². The van der Waals surface area contributed by atoms with Crippen LogP contribution >= 0.6 is 0 Å². The molecule has 0 aliphatic heterocycles. The van der Waals surface area contributed by atoms with Gasteiger partial charge >= 0.3 is 5.97 Å². The Morgan fingerprint density at radius 1 is 1.62 bits per heavy atom. The van der Waals surface area contributed by atoms with Gasteiger partial charge in [-0.15, -0.1) is 0 Å². The molecule has 88 valence electrons. The smallest absolute Gasteiger partial charge is 0.356 e. The lowest BCUT2D eigenvalue weighted by Gasteiger charge is -2.13. The Labute approximate surface area is 95.3 Å². The highest BCUT2D eigenvalue weighted by molar-refractivity contribution is 6.09. The first-order valence-electron chi connectivity index (χ1n) is 5.12. The number of hydrogen-bond acceptors (Lipinski definition) is 4. The minimum atomic E-state index is -0.350. The number of hydrogen-bond donors (Lipinski definition) is 0. The van der Waals surface area contributed by atoms with Crippen LogP contribution in [0.25, 0.3) is 5.70 Å². The van der Waals surface area contributed by atoms with E-state index < -0.39 is 0 Å². The highest BCUT2D eigenvalue weighted by Gasteiger charge is 2.14. The van der Waals surface area contributed by atoms with Crippen LogP contribution < -0.4 is 0 Å². The number of aryl methyl sites for hydroxylation is 1. The molecule has 0 atom stereocenters. The average Bonchev–Trinajstić information content (AvgIpc) is 2.61. The van der Waals surface area contributed by atoms with Crippen molar-refractivity contribution in [3.05, 3.63) is 24.4 Å². The summed E-state index contributed by atoms with van der Waals surface area (Å²) in [5, 5.41) is 0. The normalized spacial score (nSPS) is 11.4. The van der Waals surface area contributed by atoms with E-state index in [4.69, 9.17) is 4.74 Å². The lowest BCUT2D eigenvalue weighted by Crippen LogP contribution is -2.16. The molecular formula is C11H17N3O2. The van der Waals surface area contributed by atoms with Gasteiger partial charge in [-0.2, -0.15) is 0 Å². The highest BCUT2D eigenvalue weighted by atomic mass is 16.5. The molecule has 1 rings (SSSR count). The molecule has 0 saturated carbocycles. The van der Waals surface area contributed by atoms with E-state index in [1.165, 1.54) is 0 Å². The second-order valence-electron chi connectivity index (χ2n) is 3.54. The van der Waals surface area contributed by atoms with E-state index in [0.717, 1.165) is 5.82 Å². The fraction of sp³-hybridized carbons (Fsp3) is 0.455. The summed E-state index contributed by atoms with van der Waals surface area (Å²) < 4.78 is 6.71. The van der Waals surface area contributed by atoms with Crippen molar-refractivity contribution in [1.82, 2.24) is 14.5 Å². The lowest BCUT2D eigenvalue weighted by molar-refractivity contribution is -0.136. The van der Waals surface area contributed by atoms with Gasteiger partial charge in [-0.25, -0.2) is 9.78 Å². The fourth-order valence-corrected chi connectivity index (χ4v) is 1.30. The van der Waals surface area contributed by atoms with Crippen LogP contribution in [0.2, 0.25) is 0 Å². The van der Waals surface area contributed by atoms with Gasteiger partial charge in [-0.05, 0) is 13.8 Å². The number of ether oxygens (including phenoxy) is 1. The van der Waals surface area contributed by atoms with Gasteiger partial charge in [0.2, 0.25) is 0 Å². The van der Waals surface area contributed by atoms with Crippen LogP contribution in [0.5, 0.6) is 0 Å². The predicted molar refractivity (Wildman–Crippen MR) is 61.6 cm³/mol. The molecule has 0 N–H and O–H groups in total. The first-order chi connectivity index (χ1) is 7.56. The van der Waals surface area contributed by atoms with Crippen LogP contribution in [0.4, 0.5) is 0 Å². The molecule has 0 unspecified atom stereocenters. The number of carbonyl (C=O) groups excluding carboxylic acids is 1. The van der Waals surface area contributed by atoms with Crippen LogP contribution in [-0.4, -0.2) is 41.1 Å². The summed E-state index contributed by atoms with van der Waals surface area (Å²) in [7, 11) is 3.71. The van der Waals surface area contributed by atoms with Crippen LogP contribution in [0.15, 0.2) is 18.6 Å². The second kappa shape index (κ2) is 5.34. The molecule has 5 nitrogen and oxygen atoms in total. The number of esters is 1. The van der Waals surface area contributed by atoms with Crippen molar-refractivity contribution in [3.63, 3.8) is 0 Å². The standard InChI is InChI=1S/C11H17N3O2/c1-5-16-11(15)10(8-13(3)4)14-7-6-12-9(14)2/h6-8H,5H2,1-4H3. The molecule has 0 radical (unpaired) electrons. The van der Waals surface area contributed by atoms with Crippen LogP contribution in [0.3, 0.4) is 0 Å². The van der Waals surface area contributed by atoms with E-state index in [9.17, 15) is 4.79 Å². The molecule has 1 heterocycles. The molecule has 0 aliphatic rings. The van der Waals surface area contributed by atoms with Crippen molar-refractivity contribution < 1.29 is 9.53 Å². The van der Waals surface area contributed by atoms with Gasteiger partial charge in [0.15, 0.2) is 0 Å². The summed E-state index contributed by atoms with van der Waals surface area (Å²) in [5.74, 6) is 0.401. The van der Waals surface area contributed by atoms with E-state index >= 15 is 0 Å². The molecule has 0 bridgehead atoms. The maximum absolute atomic E-state index is 11.8.